The minimum Gasteiger partial charge on any atom is 0 e. The predicted octanol–water partition coefficient (Wildman–Crippen LogP) is 1.22. The van der Waals surface area contributed by atoms with Crippen molar-refractivity contribution in [3.8, 4) is 0 Å². The first-order valence-electron chi connectivity index (χ1n) is 3.73. The molecule has 0 heterocycles. The summed E-state index contributed by atoms with van der Waals surface area (Å²) in [5, 5.41) is 0. The summed E-state index contributed by atoms with van der Waals surface area (Å²) in [7, 11) is 1.50. The summed E-state index contributed by atoms with van der Waals surface area (Å²) >= 11 is 0. The van der Waals surface area contributed by atoms with Gasteiger partial charge in [-0.3, -0.25) is 4.79 Å². The van der Waals surface area contributed by atoms with Crippen LogP contribution in [0.4, 0.5) is 0 Å². The third-order valence-corrected chi connectivity index (χ3v) is 0.872. The van der Waals surface area contributed by atoms with Crippen molar-refractivity contribution in [3.63, 3.8) is 0 Å². The van der Waals surface area contributed by atoms with Crippen molar-refractivity contribution in [3.05, 3.63) is 44.3 Å². The molecular weight excluding hydrogens is 268 g/mol. The SMILES string of the molecule is C/C=C/C=C/C(=O)COC.[C-]#[O+].[C-]#[O+].[C-]#[O+].[Fe]. The van der Waals surface area contributed by atoms with Crippen LogP contribution in [0.1, 0.15) is 6.92 Å². The van der Waals surface area contributed by atoms with Gasteiger partial charge in [0.2, 0.25) is 0 Å². The summed E-state index contributed by atoms with van der Waals surface area (Å²) in [5.41, 5.74) is 0. The van der Waals surface area contributed by atoms with Gasteiger partial charge in [-0.15, -0.1) is 0 Å². The molecule has 0 N–H and O–H groups in total. The Morgan fingerprint density at radius 2 is 1.53 bits per heavy atom. The van der Waals surface area contributed by atoms with Crippen LogP contribution in [-0.4, -0.2) is 19.5 Å². The molecule has 0 saturated carbocycles. The molecule has 0 aromatic heterocycles. The number of rotatable bonds is 4. The Hall–Kier alpha value is -1.15. The van der Waals surface area contributed by atoms with Gasteiger partial charge in [-0.2, -0.15) is 0 Å². The fourth-order valence-electron chi connectivity index (χ4n) is 0.464. The predicted molar refractivity (Wildman–Crippen MR) is 52.6 cm³/mol. The molecule has 0 spiro atoms. The van der Waals surface area contributed by atoms with Gasteiger partial charge in [0.15, 0.2) is 5.78 Å². The van der Waals surface area contributed by atoms with Gasteiger partial charge in [0.05, 0.1) is 0 Å². The molecular formula is C11H12FeO5. The standard InChI is InChI=1S/C8H12O2.3CO.Fe/c1-3-4-5-6-8(9)7-10-2;3*1-2;/h3-6H,7H2,1-2H3;;;;/b4-3+,6-5+;;;;. The Labute approximate surface area is 112 Å². The molecule has 0 unspecified atom stereocenters. The van der Waals surface area contributed by atoms with Crippen LogP contribution in [0.25, 0.3) is 0 Å². The van der Waals surface area contributed by atoms with Gasteiger partial charge in [0.1, 0.15) is 6.61 Å². The molecule has 0 saturated heterocycles. The van der Waals surface area contributed by atoms with E-state index in [1.54, 1.807) is 12.2 Å². The first-order chi connectivity index (χ1) is 7.81. The summed E-state index contributed by atoms with van der Waals surface area (Å²) in [6, 6.07) is 0. The third kappa shape index (κ3) is 52.3. The normalized spacial score (nSPS) is 7.06. The number of ketones is 1. The Kier molecular flexibility index (Phi) is 80.7. The summed E-state index contributed by atoms with van der Waals surface area (Å²) < 4.78 is 27.1. The van der Waals surface area contributed by atoms with E-state index in [0.717, 1.165) is 0 Å². The number of hydrogen-bond acceptors (Lipinski definition) is 2. The molecule has 0 bridgehead atoms. The molecule has 6 heteroatoms. The molecule has 5 nitrogen and oxygen atoms in total. The Morgan fingerprint density at radius 1 is 1.12 bits per heavy atom. The van der Waals surface area contributed by atoms with Crippen molar-refractivity contribution in [2.75, 3.05) is 13.7 Å². The van der Waals surface area contributed by atoms with Crippen LogP contribution < -0.4 is 0 Å². The zero-order valence-electron chi connectivity index (χ0n) is 9.41. The van der Waals surface area contributed by atoms with Gasteiger partial charge in [0.25, 0.3) is 0 Å². The topological polar surface area (TPSA) is 86.0 Å². The summed E-state index contributed by atoms with van der Waals surface area (Å²) in [5.74, 6) is -0.0133. The molecule has 0 radical (unpaired) electrons. The van der Waals surface area contributed by atoms with Gasteiger partial charge in [0, 0.05) is 24.2 Å². The fraction of sp³-hybridized carbons (Fsp3) is 0.273. The first kappa shape index (κ1) is 29.7. The van der Waals surface area contributed by atoms with Crippen molar-refractivity contribution in [1.29, 1.82) is 0 Å². The number of carbonyl (C=O) groups is 1. The van der Waals surface area contributed by atoms with E-state index in [9.17, 15) is 4.79 Å². The maximum absolute atomic E-state index is 10.7. The monoisotopic (exact) mass is 280 g/mol. The van der Waals surface area contributed by atoms with Gasteiger partial charge in [-0.1, -0.05) is 18.2 Å². The van der Waals surface area contributed by atoms with Gasteiger partial charge in [-0.25, -0.2) is 0 Å². The van der Waals surface area contributed by atoms with Crippen LogP contribution in [0.15, 0.2) is 24.3 Å². The molecule has 0 aliphatic heterocycles. The summed E-state index contributed by atoms with van der Waals surface area (Å²) in [6.45, 7) is 15.6. The maximum atomic E-state index is 10.7. The van der Waals surface area contributed by atoms with E-state index >= 15 is 0 Å². The van der Waals surface area contributed by atoms with E-state index in [2.05, 4.69) is 24.7 Å². The Morgan fingerprint density at radius 3 is 1.82 bits per heavy atom. The van der Waals surface area contributed by atoms with Crippen LogP contribution in [0, 0.1) is 20.0 Å². The van der Waals surface area contributed by atoms with Gasteiger partial charge >= 0.3 is 33.9 Å². The van der Waals surface area contributed by atoms with Crippen LogP contribution in [0.2, 0.25) is 0 Å². The first-order valence-corrected chi connectivity index (χ1v) is 3.73. The van der Waals surface area contributed by atoms with Gasteiger partial charge in [-0.05, 0) is 13.0 Å². The van der Waals surface area contributed by atoms with Crippen molar-refractivity contribution in [2.45, 2.75) is 6.92 Å². The zero-order chi connectivity index (χ0) is 13.8. The molecule has 0 aromatic carbocycles. The van der Waals surface area contributed by atoms with Crippen molar-refractivity contribution in [1.82, 2.24) is 0 Å². The van der Waals surface area contributed by atoms with Crippen LogP contribution in [0.5, 0.6) is 0 Å². The quantitative estimate of drug-likeness (QED) is 0.255. The minimum absolute atomic E-state index is 0. The van der Waals surface area contributed by atoms with Crippen molar-refractivity contribution >= 4 is 5.78 Å². The molecule has 17 heavy (non-hydrogen) atoms. The van der Waals surface area contributed by atoms with E-state index in [1.807, 2.05) is 13.0 Å². The van der Waals surface area contributed by atoms with Crippen LogP contribution in [-0.2, 0) is 40.6 Å². The molecule has 0 aliphatic rings. The Balaban J connectivity index is -0.0000000594. The molecule has 0 fully saturated rings. The smallest absolute Gasteiger partial charge is 0 e. The summed E-state index contributed by atoms with van der Waals surface area (Å²) in [6.07, 6.45) is 6.84. The van der Waals surface area contributed by atoms with E-state index in [-0.39, 0.29) is 29.5 Å². The molecule has 94 valence electrons. The second-order valence-electron chi connectivity index (χ2n) is 1.78. The molecule has 0 rings (SSSR count). The number of methoxy groups -OCH3 is 1. The van der Waals surface area contributed by atoms with E-state index in [0.29, 0.717) is 0 Å². The van der Waals surface area contributed by atoms with E-state index < -0.39 is 0 Å². The fourth-order valence-corrected chi connectivity index (χ4v) is 0.464. The van der Waals surface area contributed by atoms with Crippen molar-refractivity contribution < 1.29 is 40.6 Å². The average Bonchev–Trinajstić information content (AvgIpc) is 2.37. The Bertz CT molecular complexity index is 236. The third-order valence-electron chi connectivity index (χ3n) is 0.872. The van der Waals surface area contributed by atoms with Crippen molar-refractivity contribution in [2.24, 2.45) is 0 Å². The van der Waals surface area contributed by atoms with E-state index in [4.69, 9.17) is 14.0 Å². The maximum Gasteiger partial charge on any atom is 0 e. The largest absolute Gasteiger partial charge is 0 e. The van der Waals surface area contributed by atoms with Crippen LogP contribution >= 0.6 is 0 Å². The van der Waals surface area contributed by atoms with E-state index in [1.165, 1.54) is 13.2 Å². The second-order valence-corrected chi connectivity index (χ2v) is 1.78. The zero-order valence-corrected chi connectivity index (χ0v) is 10.5. The average molecular weight is 280 g/mol. The molecule has 0 aliphatic carbocycles. The number of hydrogen-bond donors (Lipinski definition) is 0. The number of allylic oxidation sites excluding steroid dienone is 3. The molecule has 0 atom stereocenters. The molecule has 0 aromatic rings. The summed E-state index contributed by atoms with van der Waals surface area (Å²) in [4.78, 5) is 10.7. The number of carbonyl (C=O) groups excluding carboxylic acids is 1. The number of ether oxygens (including phenoxy) is 1. The minimum atomic E-state index is -0.0133. The molecule has 0 amide bonds. The van der Waals surface area contributed by atoms with Crippen LogP contribution in [0.3, 0.4) is 0 Å². The second kappa shape index (κ2) is 46.2. The van der Waals surface area contributed by atoms with Gasteiger partial charge < -0.3 is 4.74 Å².